The van der Waals surface area contributed by atoms with E-state index in [0.717, 1.165) is 21.2 Å². The van der Waals surface area contributed by atoms with Crippen LogP contribution in [0.25, 0.3) is 16.7 Å². The molecular weight excluding hydrogens is 264 g/mol. The molecule has 0 saturated carbocycles. The average molecular weight is 273 g/mol. The van der Waals surface area contributed by atoms with Crippen LogP contribution in [-0.2, 0) is 0 Å². The number of hydrogen-bond acceptors (Lipinski definition) is 1. The first-order chi connectivity index (χ1) is 7.86. The Balaban J connectivity index is 2.31. The monoisotopic (exact) mass is 272 g/mol. The average Bonchev–Trinajstić information content (AvgIpc) is 2.74. The minimum absolute atomic E-state index is 1.01. The predicted octanol–water partition coefficient (Wildman–Crippen LogP) is 3.79. The second-order valence-electron chi connectivity index (χ2n) is 3.55. The van der Waals surface area contributed by atoms with Crippen LogP contribution in [0.2, 0.25) is 0 Å². The molecular formula is C13H9BrN2. The molecule has 0 amide bonds. The molecule has 0 atom stereocenters. The van der Waals surface area contributed by atoms with Crippen LogP contribution in [0.4, 0.5) is 0 Å². The zero-order valence-electron chi connectivity index (χ0n) is 8.47. The number of para-hydroxylation sites is 3. The van der Waals surface area contributed by atoms with Gasteiger partial charge in [-0.3, -0.25) is 4.57 Å². The van der Waals surface area contributed by atoms with Gasteiger partial charge in [0.15, 0.2) is 0 Å². The van der Waals surface area contributed by atoms with Crippen molar-refractivity contribution < 1.29 is 0 Å². The molecule has 0 spiro atoms. The van der Waals surface area contributed by atoms with Gasteiger partial charge in [0.2, 0.25) is 0 Å². The lowest BCUT2D eigenvalue weighted by Gasteiger charge is -2.05. The number of fused-ring (bicyclic) bond motifs is 1. The Hall–Kier alpha value is -1.61. The van der Waals surface area contributed by atoms with Crippen LogP contribution in [0.3, 0.4) is 0 Å². The van der Waals surface area contributed by atoms with Gasteiger partial charge >= 0.3 is 0 Å². The van der Waals surface area contributed by atoms with E-state index in [1.807, 2.05) is 42.7 Å². The van der Waals surface area contributed by atoms with E-state index in [2.05, 4.69) is 37.6 Å². The summed E-state index contributed by atoms with van der Waals surface area (Å²) < 4.78 is 3.15. The molecule has 1 aromatic heterocycles. The van der Waals surface area contributed by atoms with E-state index < -0.39 is 0 Å². The lowest BCUT2D eigenvalue weighted by Crippen LogP contribution is -1.92. The Kier molecular flexibility index (Phi) is 2.26. The third-order valence-electron chi connectivity index (χ3n) is 2.57. The molecule has 3 heteroatoms. The first-order valence-corrected chi connectivity index (χ1v) is 5.82. The summed E-state index contributed by atoms with van der Waals surface area (Å²) in [5, 5.41) is 0. The van der Waals surface area contributed by atoms with E-state index in [4.69, 9.17) is 0 Å². The van der Waals surface area contributed by atoms with Crippen molar-refractivity contribution in [2.45, 2.75) is 0 Å². The van der Waals surface area contributed by atoms with Gasteiger partial charge in [-0.15, -0.1) is 0 Å². The van der Waals surface area contributed by atoms with Crippen molar-refractivity contribution in [1.29, 1.82) is 0 Å². The third kappa shape index (κ3) is 1.44. The Morgan fingerprint density at radius 2 is 1.69 bits per heavy atom. The lowest BCUT2D eigenvalue weighted by molar-refractivity contribution is 1.08. The maximum atomic E-state index is 4.38. The van der Waals surface area contributed by atoms with Crippen molar-refractivity contribution in [3.8, 4) is 5.69 Å². The fourth-order valence-electron chi connectivity index (χ4n) is 1.80. The van der Waals surface area contributed by atoms with Gasteiger partial charge < -0.3 is 0 Å². The number of benzene rings is 2. The minimum atomic E-state index is 1.01. The van der Waals surface area contributed by atoms with Crippen molar-refractivity contribution in [3.05, 3.63) is 59.3 Å². The number of imidazole rings is 1. The van der Waals surface area contributed by atoms with Gasteiger partial charge in [0.1, 0.15) is 6.33 Å². The summed E-state index contributed by atoms with van der Waals surface area (Å²) in [6.07, 6.45) is 1.85. The van der Waals surface area contributed by atoms with Gasteiger partial charge in [-0.25, -0.2) is 4.98 Å². The molecule has 0 aliphatic carbocycles. The van der Waals surface area contributed by atoms with Gasteiger partial charge in [0.25, 0.3) is 0 Å². The SMILES string of the molecule is Brc1ccccc1-n1cnc2ccccc21. The van der Waals surface area contributed by atoms with Gasteiger partial charge in [0, 0.05) is 4.47 Å². The molecule has 0 N–H and O–H groups in total. The summed E-state index contributed by atoms with van der Waals surface area (Å²) in [5.74, 6) is 0. The van der Waals surface area contributed by atoms with Crippen LogP contribution < -0.4 is 0 Å². The quantitative estimate of drug-likeness (QED) is 0.659. The number of halogens is 1. The van der Waals surface area contributed by atoms with E-state index in [1.165, 1.54) is 0 Å². The normalized spacial score (nSPS) is 10.8. The van der Waals surface area contributed by atoms with Crippen LogP contribution >= 0.6 is 15.9 Å². The van der Waals surface area contributed by atoms with Crippen molar-refractivity contribution in [1.82, 2.24) is 9.55 Å². The lowest BCUT2D eigenvalue weighted by atomic mass is 10.3. The summed E-state index contributed by atoms with van der Waals surface area (Å²) in [4.78, 5) is 4.38. The standard InChI is InChI=1S/C13H9BrN2/c14-10-5-1-3-7-12(10)16-9-15-11-6-2-4-8-13(11)16/h1-9H. The second kappa shape index (κ2) is 3.76. The van der Waals surface area contributed by atoms with Gasteiger partial charge in [0.05, 0.1) is 16.7 Å². The predicted molar refractivity (Wildman–Crippen MR) is 68.8 cm³/mol. The number of nitrogens with zero attached hydrogens (tertiary/aromatic N) is 2. The van der Waals surface area contributed by atoms with Crippen LogP contribution in [0.5, 0.6) is 0 Å². The number of hydrogen-bond donors (Lipinski definition) is 0. The maximum Gasteiger partial charge on any atom is 0.100 e. The van der Waals surface area contributed by atoms with Crippen molar-refractivity contribution in [2.75, 3.05) is 0 Å². The minimum Gasteiger partial charge on any atom is -0.298 e. The van der Waals surface area contributed by atoms with Crippen LogP contribution in [0, 0.1) is 0 Å². The molecule has 0 fully saturated rings. The van der Waals surface area contributed by atoms with Gasteiger partial charge in [-0.05, 0) is 40.2 Å². The molecule has 0 aliphatic rings. The first kappa shape index (κ1) is 9.60. The molecule has 3 rings (SSSR count). The Morgan fingerprint density at radius 1 is 0.938 bits per heavy atom. The summed E-state index contributed by atoms with van der Waals surface area (Å²) >= 11 is 3.55. The molecule has 0 aliphatic heterocycles. The molecule has 0 saturated heterocycles. The van der Waals surface area contributed by atoms with Crippen LogP contribution in [-0.4, -0.2) is 9.55 Å². The highest BCUT2D eigenvalue weighted by atomic mass is 79.9. The van der Waals surface area contributed by atoms with Crippen molar-refractivity contribution in [3.63, 3.8) is 0 Å². The Bertz CT molecular complexity index is 643. The molecule has 78 valence electrons. The maximum absolute atomic E-state index is 4.38. The zero-order valence-corrected chi connectivity index (χ0v) is 10.1. The highest BCUT2D eigenvalue weighted by Gasteiger charge is 2.05. The highest BCUT2D eigenvalue weighted by molar-refractivity contribution is 9.10. The van der Waals surface area contributed by atoms with Crippen molar-refractivity contribution in [2.24, 2.45) is 0 Å². The fourth-order valence-corrected chi connectivity index (χ4v) is 2.27. The largest absolute Gasteiger partial charge is 0.298 e. The number of aromatic nitrogens is 2. The molecule has 3 aromatic rings. The molecule has 0 radical (unpaired) electrons. The van der Waals surface area contributed by atoms with Crippen LogP contribution in [0.1, 0.15) is 0 Å². The van der Waals surface area contributed by atoms with Crippen LogP contribution in [0.15, 0.2) is 59.3 Å². The van der Waals surface area contributed by atoms with E-state index >= 15 is 0 Å². The highest BCUT2D eigenvalue weighted by Crippen LogP contribution is 2.24. The smallest absolute Gasteiger partial charge is 0.100 e. The Morgan fingerprint density at radius 3 is 2.56 bits per heavy atom. The van der Waals surface area contributed by atoms with Crippen molar-refractivity contribution >= 4 is 27.0 Å². The third-order valence-corrected chi connectivity index (χ3v) is 3.24. The van der Waals surface area contributed by atoms with Gasteiger partial charge in [-0.2, -0.15) is 0 Å². The van der Waals surface area contributed by atoms with E-state index in [9.17, 15) is 0 Å². The second-order valence-corrected chi connectivity index (χ2v) is 4.41. The summed E-state index contributed by atoms with van der Waals surface area (Å²) in [6.45, 7) is 0. The topological polar surface area (TPSA) is 17.8 Å². The number of rotatable bonds is 1. The Labute approximate surface area is 102 Å². The molecule has 16 heavy (non-hydrogen) atoms. The molecule has 2 nitrogen and oxygen atoms in total. The summed E-state index contributed by atoms with van der Waals surface area (Å²) in [7, 11) is 0. The zero-order chi connectivity index (χ0) is 11.0. The molecule has 1 heterocycles. The first-order valence-electron chi connectivity index (χ1n) is 5.03. The molecule has 0 bridgehead atoms. The van der Waals surface area contributed by atoms with E-state index in [1.54, 1.807) is 0 Å². The van der Waals surface area contributed by atoms with Gasteiger partial charge in [-0.1, -0.05) is 24.3 Å². The molecule has 0 unspecified atom stereocenters. The van der Waals surface area contributed by atoms with E-state index in [0.29, 0.717) is 0 Å². The van der Waals surface area contributed by atoms with E-state index in [-0.39, 0.29) is 0 Å². The summed E-state index contributed by atoms with van der Waals surface area (Å²) in [5.41, 5.74) is 3.24. The molecule has 2 aromatic carbocycles. The summed E-state index contributed by atoms with van der Waals surface area (Å²) in [6, 6.07) is 16.2. The fraction of sp³-hybridized carbons (Fsp3) is 0.